The summed E-state index contributed by atoms with van der Waals surface area (Å²) in [5.41, 5.74) is 13.1. The summed E-state index contributed by atoms with van der Waals surface area (Å²) in [7, 11) is 2.02. The van der Waals surface area contributed by atoms with Crippen LogP contribution in [0.1, 0.15) is 22.8 Å². The zero-order valence-electron chi connectivity index (χ0n) is 9.16. The molecule has 0 aliphatic heterocycles. The van der Waals surface area contributed by atoms with Gasteiger partial charge in [0.1, 0.15) is 0 Å². The standard InChI is InChI=1S/C11H17N3O/c1-3-14(2)7-9-5-4-8(11(13)15)6-10(9)12/h4-6H,3,7,12H2,1-2H3,(H2,13,15). The van der Waals surface area contributed by atoms with Crippen LogP contribution in [0.5, 0.6) is 0 Å². The quantitative estimate of drug-likeness (QED) is 0.718. The van der Waals surface area contributed by atoms with Crippen molar-refractivity contribution in [2.45, 2.75) is 13.5 Å². The molecule has 0 aliphatic rings. The highest BCUT2D eigenvalue weighted by Gasteiger charge is 2.06. The summed E-state index contributed by atoms with van der Waals surface area (Å²) in [4.78, 5) is 13.0. The Morgan fingerprint density at radius 1 is 1.47 bits per heavy atom. The van der Waals surface area contributed by atoms with Crippen molar-refractivity contribution in [3.05, 3.63) is 29.3 Å². The molecule has 0 spiro atoms. The molecule has 0 heterocycles. The van der Waals surface area contributed by atoms with Crippen LogP contribution in [0.25, 0.3) is 0 Å². The number of anilines is 1. The number of nitrogen functional groups attached to an aromatic ring is 1. The number of nitrogens with two attached hydrogens (primary N) is 2. The summed E-state index contributed by atoms with van der Waals surface area (Å²) in [6.45, 7) is 3.81. The number of amides is 1. The van der Waals surface area contributed by atoms with Crippen molar-refractivity contribution >= 4 is 11.6 Å². The van der Waals surface area contributed by atoms with Gasteiger partial charge >= 0.3 is 0 Å². The number of nitrogens with zero attached hydrogens (tertiary/aromatic N) is 1. The molecule has 0 radical (unpaired) electrons. The average Bonchev–Trinajstić information content (AvgIpc) is 2.20. The van der Waals surface area contributed by atoms with Crippen LogP contribution in [0.4, 0.5) is 5.69 Å². The smallest absolute Gasteiger partial charge is 0.248 e. The minimum Gasteiger partial charge on any atom is -0.398 e. The predicted molar refractivity (Wildman–Crippen MR) is 61.4 cm³/mol. The van der Waals surface area contributed by atoms with E-state index in [0.29, 0.717) is 11.3 Å². The molecule has 1 aromatic carbocycles. The van der Waals surface area contributed by atoms with Gasteiger partial charge in [0.15, 0.2) is 0 Å². The molecule has 4 nitrogen and oxygen atoms in total. The molecular formula is C11H17N3O. The Bertz CT molecular complexity index is 363. The van der Waals surface area contributed by atoms with Crippen molar-refractivity contribution in [1.82, 2.24) is 4.90 Å². The van der Waals surface area contributed by atoms with E-state index >= 15 is 0 Å². The minimum atomic E-state index is -0.447. The second-order valence-corrected chi connectivity index (χ2v) is 3.61. The number of primary amides is 1. The summed E-state index contributed by atoms with van der Waals surface area (Å²) in [6, 6.07) is 5.18. The fraction of sp³-hybridized carbons (Fsp3) is 0.364. The van der Waals surface area contributed by atoms with E-state index in [4.69, 9.17) is 11.5 Å². The van der Waals surface area contributed by atoms with E-state index in [0.717, 1.165) is 18.7 Å². The first kappa shape index (κ1) is 11.5. The van der Waals surface area contributed by atoms with E-state index < -0.39 is 5.91 Å². The first-order valence-corrected chi connectivity index (χ1v) is 4.91. The maximum Gasteiger partial charge on any atom is 0.248 e. The van der Waals surface area contributed by atoms with Gasteiger partial charge in [0.2, 0.25) is 5.91 Å². The van der Waals surface area contributed by atoms with Crippen LogP contribution in [0, 0.1) is 0 Å². The van der Waals surface area contributed by atoms with E-state index in [9.17, 15) is 4.79 Å². The normalized spacial score (nSPS) is 10.6. The van der Waals surface area contributed by atoms with E-state index in [2.05, 4.69) is 11.8 Å². The lowest BCUT2D eigenvalue weighted by molar-refractivity contribution is 0.100. The minimum absolute atomic E-state index is 0.447. The third kappa shape index (κ3) is 2.95. The Morgan fingerprint density at radius 2 is 2.13 bits per heavy atom. The van der Waals surface area contributed by atoms with Gasteiger partial charge in [0, 0.05) is 17.8 Å². The van der Waals surface area contributed by atoms with E-state index in [1.54, 1.807) is 12.1 Å². The lowest BCUT2D eigenvalue weighted by Crippen LogP contribution is -2.18. The van der Waals surface area contributed by atoms with Crippen molar-refractivity contribution in [3.63, 3.8) is 0 Å². The van der Waals surface area contributed by atoms with E-state index in [1.807, 2.05) is 13.1 Å². The number of rotatable bonds is 4. The summed E-state index contributed by atoms with van der Waals surface area (Å²) in [5, 5.41) is 0. The molecule has 1 rings (SSSR count). The molecule has 4 heteroatoms. The monoisotopic (exact) mass is 207 g/mol. The van der Waals surface area contributed by atoms with Gasteiger partial charge in [-0.15, -0.1) is 0 Å². The van der Waals surface area contributed by atoms with Crippen molar-refractivity contribution in [2.24, 2.45) is 5.73 Å². The first-order chi connectivity index (χ1) is 7.04. The maximum atomic E-state index is 10.9. The molecule has 0 aliphatic carbocycles. The van der Waals surface area contributed by atoms with Crippen LogP contribution in [-0.4, -0.2) is 24.4 Å². The van der Waals surface area contributed by atoms with Gasteiger partial charge in [0.05, 0.1) is 0 Å². The number of hydrogen-bond donors (Lipinski definition) is 2. The number of carbonyl (C=O) groups is 1. The largest absolute Gasteiger partial charge is 0.398 e. The fourth-order valence-electron chi connectivity index (χ4n) is 1.29. The van der Waals surface area contributed by atoms with Crippen LogP contribution in [0.2, 0.25) is 0 Å². The van der Waals surface area contributed by atoms with Crippen molar-refractivity contribution in [2.75, 3.05) is 19.3 Å². The Kier molecular flexibility index (Phi) is 3.68. The molecule has 0 bridgehead atoms. The summed E-state index contributed by atoms with van der Waals surface area (Å²) in [5.74, 6) is -0.447. The summed E-state index contributed by atoms with van der Waals surface area (Å²) in [6.07, 6.45) is 0. The van der Waals surface area contributed by atoms with Crippen LogP contribution in [0.3, 0.4) is 0 Å². The van der Waals surface area contributed by atoms with Crippen molar-refractivity contribution in [1.29, 1.82) is 0 Å². The van der Waals surface area contributed by atoms with Crippen LogP contribution in [-0.2, 0) is 6.54 Å². The fourth-order valence-corrected chi connectivity index (χ4v) is 1.29. The van der Waals surface area contributed by atoms with Crippen LogP contribution < -0.4 is 11.5 Å². The summed E-state index contributed by atoms with van der Waals surface area (Å²) < 4.78 is 0. The topological polar surface area (TPSA) is 72.3 Å². The highest BCUT2D eigenvalue weighted by Crippen LogP contribution is 2.15. The maximum absolute atomic E-state index is 10.9. The molecule has 1 amide bonds. The molecule has 15 heavy (non-hydrogen) atoms. The Labute approximate surface area is 89.9 Å². The van der Waals surface area contributed by atoms with Crippen molar-refractivity contribution in [3.8, 4) is 0 Å². The van der Waals surface area contributed by atoms with Gasteiger partial charge in [-0.3, -0.25) is 4.79 Å². The molecule has 82 valence electrons. The molecule has 0 unspecified atom stereocenters. The highest BCUT2D eigenvalue weighted by atomic mass is 16.1. The van der Waals surface area contributed by atoms with Crippen LogP contribution in [0.15, 0.2) is 18.2 Å². The Hall–Kier alpha value is -1.55. The second kappa shape index (κ2) is 4.79. The van der Waals surface area contributed by atoms with Gasteiger partial charge in [0.25, 0.3) is 0 Å². The predicted octanol–water partition coefficient (Wildman–Crippen LogP) is 0.819. The van der Waals surface area contributed by atoms with Gasteiger partial charge in [-0.25, -0.2) is 0 Å². The first-order valence-electron chi connectivity index (χ1n) is 4.91. The SMILES string of the molecule is CCN(C)Cc1ccc(C(N)=O)cc1N. The third-order valence-corrected chi connectivity index (χ3v) is 2.41. The van der Waals surface area contributed by atoms with Gasteiger partial charge < -0.3 is 16.4 Å². The molecule has 4 N–H and O–H groups in total. The average molecular weight is 207 g/mol. The molecule has 0 saturated carbocycles. The highest BCUT2D eigenvalue weighted by molar-refractivity contribution is 5.93. The Balaban J connectivity index is 2.88. The van der Waals surface area contributed by atoms with Gasteiger partial charge in [-0.1, -0.05) is 13.0 Å². The number of benzene rings is 1. The zero-order valence-corrected chi connectivity index (χ0v) is 9.16. The number of hydrogen-bond acceptors (Lipinski definition) is 3. The van der Waals surface area contributed by atoms with Crippen LogP contribution >= 0.6 is 0 Å². The molecule has 1 aromatic rings. The van der Waals surface area contributed by atoms with Gasteiger partial charge in [-0.2, -0.15) is 0 Å². The van der Waals surface area contributed by atoms with E-state index in [1.165, 1.54) is 0 Å². The molecule has 0 saturated heterocycles. The second-order valence-electron chi connectivity index (χ2n) is 3.61. The van der Waals surface area contributed by atoms with E-state index in [-0.39, 0.29) is 0 Å². The Morgan fingerprint density at radius 3 is 2.60 bits per heavy atom. The zero-order chi connectivity index (χ0) is 11.4. The molecular weight excluding hydrogens is 190 g/mol. The number of carbonyl (C=O) groups excluding carboxylic acids is 1. The lowest BCUT2D eigenvalue weighted by atomic mass is 10.1. The van der Waals surface area contributed by atoms with Crippen molar-refractivity contribution < 1.29 is 4.79 Å². The molecule has 0 atom stereocenters. The molecule has 0 aromatic heterocycles. The third-order valence-electron chi connectivity index (χ3n) is 2.41. The summed E-state index contributed by atoms with van der Waals surface area (Å²) >= 11 is 0. The van der Waals surface area contributed by atoms with Gasteiger partial charge in [-0.05, 0) is 31.3 Å². The molecule has 0 fully saturated rings. The lowest BCUT2D eigenvalue weighted by Gasteiger charge is -2.15.